The van der Waals surface area contributed by atoms with E-state index in [1.807, 2.05) is 48.5 Å². The maximum atomic E-state index is 13.8. The number of aromatic nitrogens is 1. The third-order valence-corrected chi connectivity index (χ3v) is 7.62. The molecular formula is C26H30N4O4S. The van der Waals surface area contributed by atoms with Gasteiger partial charge < -0.3 is 14.4 Å². The van der Waals surface area contributed by atoms with Crippen LogP contribution in [0, 0.1) is 5.92 Å². The van der Waals surface area contributed by atoms with Gasteiger partial charge in [0.1, 0.15) is 5.75 Å². The third-order valence-electron chi connectivity index (χ3n) is 6.58. The van der Waals surface area contributed by atoms with Crippen molar-refractivity contribution >= 4 is 44.2 Å². The summed E-state index contributed by atoms with van der Waals surface area (Å²) in [6.45, 7) is 5.18. The number of morpholine rings is 1. The van der Waals surface area contributed by atoms with Gasteiger partial charge in [0.25, 0.3) is 0 Å². The lowest BCUT2D eigenvalue weighted by Gasteiger charge is -2.28. The molecule has 35 heavy (non-hydrogen) atoms. The van der Waals surface area contributed by atoms with Gasteiger partial charge in [-0.25, -0.2) is 4.98 Å². The monoisotopic (exact) mass is 494 g/mol. The topological polar surface area (TPSA) is 75.2 Å². The summed E-state index contributed by atoms with van der Waals surface area (Å²) in [5, 5.41) is 0.672. The van der Waals surface area contributed by atoms with Gasteiger partial charge in [0, 0.05) is 44.8 Å². The quantitative estimate of drug-likeness (QED) is 0.478. The Morgan fingerprint density at radius 3 is 2.77 bits per heavy atom. The molecule has 2 aliphatic heterocycles. The molecule has 2 saturated heterocycles. The highest BCUT2D eigenvalue weighted by molar-refractivity contribution is 7.22. The Morgan fingerprint density at radius 1 is 1.20 bits per heavy atom. The lowest BCUT2D eigenvalue weighted by molar-refractivity contribution is -0.124. The Balaban J connectivity index is 1.36. The lowest BCUT2D eigenvalue weighted by Crippen LogP contribution is -2.41. The first-order valence-corrected chi connectivity index (χ1v) is 12.9. The first-order valence-electron chi connectivity index (χ1n) is 12.0. The molecular weight excluding hydrogens is 464 g/mol. The Kier molecular flexibility index (Phi) is 7.26. The van der Waals surface area contributed by atoms with Crippen molar-refractivity contribution < 1.29 is 19.1 Å². The number of nitrogens with zero attached hydrogens (tertiary/aromatic N) is 4. The molecule has 2 amide bonds. The highest BCUT2D eigenvalue weighted by Crippen LogP contribution is 2.34. The van der Waals surface area contributed by atoms with Crippen LogP contribution in [0.4, 0.5) is 10.8 Å². The first kappa shape index (κ1) is 23.7. The predicted molar refractivity (Wildman–Crippen MR) is 137 cm³/mol. The summed E-state index contributed by atoms with van der Waals surface area (Å²) in [5.41, 5.74) is 1.67. The standard InChI is InChI=1S/C26H30N4O4S/c1-33-21-8-9-22-23(17-21)35-26(27-22)29(11-5-10-28-12-14-34-15-13-28)25(32)19-16-24(31)30(18-19)20-6-3-2-4-7-20/h2-4,6-9,17,19H,5,10-16,18H2,1H3. The summed E-state index contributed by atoms with van der Waals surface area (Å²) in [6.07, 6.45) is 1.04. The maximum absolute atomic E-state index is 13.8. The number of carbonyl (C=O) groups is 2. The van der Waals surface area contributed by atoms with Crippen LogP contribution in [0.1, 0.15) is 12.8 Å². The molecule has 9 heteroatoms. The molecule has 1 unspecified atom stereocenters. The van der Waals surface area contributed by atoms with E-state index in [1.54, 1.807) is 16.9 Å². The number of ether oxygens (including phenoxy) is 2. The summed E-state index contributed by atoms with van der Waals surface area (Å²) in [4.78, 5) is 37.3. The van der Waals surface area contributed by atoms with Gasteiger partial charge in [0.05, 0.1) is 36.5 Å². The minimum atomic E-state index is -0.396. The molecule has 8 nitrogen and oxygen atoms in total. The predicted octanol–water partition coefficient (Wildman–Crippen LogP) is 3.41. The molecule has 0 saturated carbocycles. The summed E-state index contributed by atoms with van der Waals surface area (Å²) < 4.78 is 11.8. The molecule has 0 aliphatic carbocycles. The zero-order valence-corrected chi connectivity index (χ0v) is 20.7. The molecule has 3 aromatic rings. The number of amides is 2. The van der Waals surface area contributed by atoms with Crippen LogP contribution in [0.2, 0.25) is 0 Å². The molecule has 0 spiro atoms. The second-order valence-corrected chi connectivity index (χ2v) is 9.88. The Bertz CT molecular complexity index is 1180. The fourth-order valence-corrected chi connectivity index (χ4v) is 5.69. The summed E-state index contributed by atoms with van der Waals surface area (Å²) in [7, 11) is 1.64. The lowest BCUT2D eigenvalue weighted by atomic mass is 10.1. The second-order valence-electron chi connectivity index (χ2n) is 8.87. The van der Waals surface area contributed by atoms with E-state index in [4.69, 9.17) is 14.5 Å². The molecule has 2 fully saturated rings. The van der Waals surface area contributed by atoms with Crippen molar-refractivity contribution in [1.82, 2.24) is 9.88 Å². The number of benzene rings is 2. The molecule has 2 aliphatic rings. The molecule has 0 N–H and O–H groups in total. The van der Waals surface area contributed by atoms with Crippen LogP contribution in [-0.4, -0.2) is 74.7 Å². The van der Waals surface area contributed by atoms with Crippen molar-refractivity contribution in [2.45, 2.75) is 12.8 Å². The van der Waals surface area contributed by atoms with E-state index in [9.17, 15) is 9.59 Å². The smallest absolute Gasteiger partial charge is 0.234 e. The van der Waals surface area contributed by atoms with Gasteiger partial charge in [-0.3, -0.25) is 19.4 Å². The molecule has 0 radical (unpaired) electrons. The molecule has 2 aromatic carbocycles. The highest BCUT2D eigenvalue weighted by atomic mass is 32.1. The van der Waals surface area contributed by atoms with Gasteiger partial charge >= 0.3 is 0 Å². The molecule has 1 atom stereocenters. The van der Waals surface area contributed by atoms with Crippen LogP contribution < -0.4 is 14.5 Å². The second kappa shape index (κ2) is 10.7. The largest absolute Gasteiger partial charge is 0.497 e. The highest BCUT2D eigenvalue weighted by Gasteiger charge is 2.38. The van der Waals surface area contributed by atoms with E-state index in [0.29, 0.717) is 18.2 Å². The zero-order valence-electron chi connectivity index (χ0n) is 19.9. The van der Waals surface area contributed by atoms with E-state index in [1.165, 1.54) is 11.3 Å². The van der Waals surface area contributed by atoms with Gasteiger partial charge in [-0.15, -0.1) is 0 Å². The summed E-state index contributed by atoms with van der Waals surface area (Å²) in [6, 6.07) is 15.3. The van der Waals surface area contributed by atoms with Gasteiger partial charge in [-0.1, -0.05) is 29.5 Å². The van der Waals surface area contributed by atoms with E-state index >= 15 is 0 Å². The zero-order chi connectivity index (χ0) is 24.2. The van der Waals surface area contributed by atoms with Gasteiger partial charge in [-0.2, -0.15) is 0 Å². The SMILES string of the molecule is COc1ccc2nc(N(CCCN3CCOCC3)C(=O)C3CC(=O)N(c4ccccc4)C3)sc2c1. The van der Waals surface area contributed by atoms with Crippen molar-refractivity contribution in [2.75, 3.05) is 62.8 Å². The van der Waals surface area contributed by atoms with Gasteiger partial charge in [-0.05, 0) is 36.8 Å². The average molecular weight is 495 g/mol. The van der Waals surface area contributed by atoms with Crippen molar-refractivity contribution in [2.24, 2.45) is 5.92 Å². The Hall–Kier alpha value is -3.01. The van der Waals surface area contributed by atoms with Crippen molar-refractivity contribution in [3.05, 3.63) is 48.5 Å². The fraction of sp³-hybridized carbons (Fsp3) is 0.423. The van der Waals surface area contributed by atoms with Crippen LogP contribution in [-0.2, 0) is 14.3 Å². The third kappa shape index (κ3) is 5.32. The molecule has 184 valence electrons. The van der Waals surface area contributed by atoms with Crippen LogP contribution in [0.5, 0.6) is 5.75 Å². The normalized spacial score (nSPS) is 18.8. The number of methoxy groups -OCH3 is 1. The number of hydrogen-bond acceptors (Lipinski definition) is 7. The number of thiazole rings is 1. The van der Waals surface area contributed by atoms with Crippen molar-refractivity contribution in [3.8, 4) is 5.75 Å². The summed E-state index contributed by atoms with van der Waals surface area (Å²) >= 11 is 1.49. The number of para-hydroxylation sites is 1. The molecule has 3 heterocycles. The number of carbonyl (C=O) groups excluding carboxylic acids is 2. The van der Waals surface area contributed by atoms with E-state index in [-0.39, 0.29) is 18.2 Å². The van der Waals surface area contributed by atoms with Crippen molar-refractivity contribution in [1.29, 1.82) is 0 Å². The van der Waals surface area contributed by atoms with E-state index in [0.717, 1.165) is 60.9 Å². The Morgan fingerprint density at radius 2 is 2.00 bits per heavy atom. The number of rotatable bonds is 8. The average Bonchev–Trinajstić information content (AvgIpc) is 3.50. The van der Waals surface area contributed by atoms with E-state index in [2.05, 4.69) is 4.90 Å². The van der Waals surface area contributed by atoms with Crippen LogP contribution in [0.25, 0.3) is 10.2 Å². The molecule has 0 bridgehead atoms. The Labute approximate surface area is 209 Å². The van der Waals surface area contributed by atoms with Crippen LogP contribution >= 0.6 is 11.3 Å². The summed E-state index contributed by atoms with van der Waals surface area (Å²) in [5.74, 6) is 0.312. The van der Waals surface area contributed by atoms with Crippen molar-refractivity contribution in [3.63, 3.8) is 0 Å². The van der Waals surface area contributed by atoms with E-state index < -0.39 is 5.92 Å². The van der Waals surface area contributed by atoms with Gasteiger partial charge in [0.2, 0.25) is 11.8 Å². The minimum absolute atomic E-state index is 0.0168. The number of fused-ring (bicyclic) bond motifs is 1. The minimum Gasteiger partial charge on any atom is -0.497 e. The molecule has 5 rings (SSSR count). The first-order chi connectivity index (χ1) is 17.1. The maximum Gasteiger partial charge on any atom is 0.234 e. The fourth-order valence-electron chi connectivity index (χ4n) is 4.66. The van der Waals surface area contributed by atoms with Crippen LogP contribution in [0.3, 0.4) is 0 Å². The van der Waals surface area contributed by atoms with Gasteiger partial charge in [0.15, 0.2) is 5.13 Å². The van der Waals surface area contributed by atoms with Crippen LogP contribution in [0.15, 0.2) is 48.5 Å². The number of hydrogen-bond donors (Lipinski definition) is 0. The number of anilines is 2. The molecule has 1 aromatic heterocycles.